The smallest absolute Gasteiger partial charge is 0.324 e. The third-order valence-electron chi connectivity index (χ3n) is 1.09. The zero-order valence-electron chi connectivity index (χ0n) is 7.71. The van der Waals surface area contributed by atoms with Crippen LogP contribution in [0.4, 0.5) is 0 Å². The van der Waals surface area contributed by atoms with Gasteiger partial charge in [-0.2, -0.15) is 0 Å². The standard InChI is InChI=1S/C6H8NO3P.2Na/c8-11(9,10)5-6-3-1-2-4-7-6;;/h1-4H,5H2,(H2,8,9,10);;. The van der Waals surface area contributed by atoms with Gasteiger partial charge < -0.3 is 9.79 Å². The van der Waals surface area contributed by atoms with Gasteiger partial charge in [0.1, 0.15) is 0 Å². The van der Waals surface area contributed by atoms with Crippen LogP contribution in [0.25, 0.3) is 0 Å². The first kappa shape index (κ1) is 16.7. The van der Waals surface area contributed by atoms with Crippen LogP contribution in [0.5, 0.6) is 0 Å². The summed E-state index contributed by atoms with van der Waals surface area (Å²) in [6, 6.07) is 4.97. The van der Waals surface area contributed by atoms with Crippen LogP contribution in [-0.4, -0.2) is 73.9 Å². The second-order valence-electron chi connectivity index (χ2n) is 2.14. The zero-order valence-corrected chi connectivity index (χ0v) is 12.6. The molecule has 0 spiro atoms. The first-order chi connectivity index (χ1) is 5.08. The van der Waals surface area contributed by atoms with E-state index in [0.717, 1.165) is 0 Å². The van der Waals surface area contributed by atoms with Gasteiger partial charge in [-0.15, -0.1) is 0 Å². The Bertz CT molecular complexity index is 276. The van der Waals surface area contributed by atoms with Gasteiger partial charge in [0, 0.05) is 65.3 Å². The molecule has 62 valence electrons. The second-order valence-corrected chi connectivity index (χ2v) is 3.79. The number of rotatable bonds is 2. The minimum Gasteiger partial charge on any atom is -0.324 e. The molecule has 4 nitrogen and oxygen atoms in total. The molecule has 2 radical (unpaired) electrons. The molecule has 13 heavy (non-hydrogen) atoms. The Morgan fingerprint density at radius 1 is 1.31 bits per heavy atom. The predicted octanol–water partition coefficient (Wildman–Crippen LogP) is -0.00230. The molecule has 2 N–H and O–H groups in total. The van der Waals surface area contributed by atoms with E-state index in [1.165, 1.54) is 6.20 Å². The van der Waals surface area contributed by atoms with Gasteiger partial charge in [0.05, 0.1) is 11.9 Å². The van der Waals surface area contributed by atoms with Gasteiger partial charge in [0.25, 0.3) is 0 Å². The number of hydrogen-bond donors (Lipinski definition) is 2. The summed E-state index contributed by atoms with van der Waals surface area (Å²) in [5, 5.41) is 0. The molecule has 1 aromatic heterocycles. The van der Waals surface area contributed by atoms with Gasteiger partial charge in [-0.3, -0.25) is 9.55 Å². The molecule has 7 heteroatoms. The van der Waals surface area contributed by atoms with E-state index < -0.39 is 7.60 Å². The molecule has 0 atom stereocenters. The van der Waals surface area contributed by atoms with Crippen molar-refractivity contribution in [2.75, 3.05) is 0 Å². The Kier molecular flexibility index (Phi) is 9.74. The van der Waals surface area contributed by atoms with Crippen molar-refractivity contribution < 1.29 is 14.4 Å². The van der Waals surface area contributed by atoms with Crippen molar-refractivity contribution in [1.82, 2.24) is 4.98 Å². The van der Waals surface area contributed by atoms with Crippen LogP contribution in [0.3, 0.4) is 0 Å². The SMILES string of the molecule is O=P(O)(O)Cc1ccccn1.[Na].[Na]. The van der Waals surface area contributed by atoms with E-state index in [9.17, 15) is 4.57 Å². The Morgan fingerprint density at radius 3 is 2.31 bits per heavy atom. The van der Waals surface area contributed by atoms with Crippen molar-refractivity contribution in [3.8, 4) is 0 Å². The van der Waals surface area contributed by atoms with E-state index in [1.54, 1.807) is 18.2 Å². The molecule has 0 aliphatic heterocycles. The van der Waals surface area contributed by atoms with E-state index in [-0.39, 0.29) is 65.3 Å². The quantitative estimate of drug-likeness (QED) is 0.542. The molecule has 0 unspecified atom stereocenters. The summed E-state index contributed by atoms with van der Waals surface area (Å²) in [6.07, 6.45) is 1.22. The van der Waals surface area contributed by atoms with Crippen LogP contribution in [-0.2, 0) is 10.7 Å². The Morgan fingerprint density at radius 2 is 1.92 bits per heavy atom. The molecule has 0 fully saturated rings. The monoisotopic (exact) mass is 219 g/mol. The normalized spacial score (nSPS) is 9.69. The minimum absolute atomic E-state index is 0. The summed E-state index contributed by atoms with van der Waals surface area (Å²) in [6.45, 7) is 0. The molecule has 0 saturated carbocycles. The fourth-order valence-electron chi connectivity index (χ4n) is 0.703. The van der Waals surface area contributed by atoms with Crippen molar-refractivity contribution in [2.45, 2.75) is 6.16 Å². The van der Waals surface area contributed by atoms with Crippen LogP contribution in [0.15, 0.2) is 24.4 Å². The van der Waals surface area contributed by atoms with Gasteiger partial charge in [-0.05, 0) is 12.1 Å². The summed E-state index contributed by atoms with van der Waals surface area (Å²) >= 11 is 0. The average Bonchev–Trinajstić information content (AvgIpc) is 1.85. The molecular formula is C6H8NNa2O3P. The van der Waals surface area contributed by atoms with Crippen LogP contribution < -0.4 is 0 Å². The minimum atomic E-state index is -3.95. The number of hydrogen-bond acceptors (Lipinski definition) is 2. The van der Waals surface area contributed by atoms with Crippen LogP contribution in [0.2, 0.25) is 0 Å². The maximum absolute atomic E-state index is 10.5. The van der Waals surface area contributed by atoms with E-state index in [4.69, 9.17) is 9.79 Å². The molecule has 0 aromatic carbocycles. The summed E-state index contributed by atoms with van der Waals surface area (Å²) in [4.78, 5) is 20.9. The summed E-state index contributed by atoms with van der Waals surface area (Å²) in [5.41, 5.74) is 0.417. The Balaban J connectivity index is 0. The third-order valence-corrected chi connectivity index (χ3v) is 1.83. The van der Waals surface area contributed by atoms with Crippen LogP contribution in [0.1, 0.15) is 5.69 Å². The Hall–Kier alpha value is 1.30. The summed E-state index contributed by atoms with van der Waals surface area (Å²) < 4.78 is 10.5. The first-order valence-electron chi connectivity index (χ1n) is 3.02. The molecule has 0 saturated heterocycles. The maximum Gasteiger partial charge on any atom is 0.331 e. The van der Waals surface area contributed by atoms with Gasteiger partial charge in [-0.1, -0.05) is 6.07 Å². The topological polar surface area (TPSA) is 70.4 Å². The third kappa shape index (κ3) is 8.30. The molecule has 0 bridgehead atoms. The molecule has 1 heterocycles. The van der Waals surface area contributed by atoms with Gasteiger partial charge >= 0.3 is 7.60 Å². The Labute approximate surface area is 121 Å². The molecular weight excluding hydrogens is 211 g/mol. The maximum atomic E-state index is 10.5. The first-order valence-corrected chi connectivity index (χ1v) is 4.82. The van der Waals surface area contributed by atoms with E-state index in [1.807, 2.05) is 0 Å². The number of nitrogens with zero attached hydrogens (tertiary/aromatic N) is 1. The van der Waals surface area contributed by atoms with Crippen LogP contribution in [0, 0.1) is 0 Å². The molecule has 0 aliphatic rings. The van der Waals surface area contributed by atoms with Gasteiger partial charge in [-0.25, -0.2) is 0 Å². The summed E-state index contributed by atoms with van der Waals surface area (Å²) in [5.74, 6) is 0. The van der Waals surface area contributed by atoms with Crippen molar-refractivity contribution in [3.05, 3.63) is 30.1 Å². The van der Waals surface area contributed by atoms with Gasteiger partial charge in [0.2, 0.25) is 0 Å². The van der Waals surface area contributed by atoms with E-state index in [2.05, 4.69) is 4.98 Å². The van der Waals surface area contributed by atoms with Gasteiger partial charge in [0.15, 0.2) is 0 Å². The fraction of sp³-hybridized carbons (Fsp3) is 0.167. The predicted molar refractivity (Wildman–Crippen MR) is 51.5 cm³/mol. The van der Waals surface area contributed by atoms with Crippen molar-refractivity contribution >= 4 is 66.7 Å². The number of aromatic nitrogens is 1. The second kappa shape index (κ2) is 7.57. The van der Waals surface area contributed by atoms with E-state index >= 15 is 0 Å². The zero-order chi connectivity index (χ0) is 8.32. The summed E-state index contributed by atoms with van der Waals surface area (Å²) in [7, 11) is -3.95. The van der Waals surface area contributed by atoms with Crippen LogP contribution >= 0.6 is 7.60 Å². The molecule has 1 aromatic rings. The molecule has 0 aliphatic carbocycles. The van der Waals surface area contributed by atoms with Crippen molar-refractivity contribution in [1.29, 1.82) is 0 Å². The fourth-order valence-corrected chi connectivity index (χ4v) is 1.31. The molecule has 0 amide bonds. The molecule has 1 rings (SSSR count). The number of pyridine rings is 1. The van der Waals surface area contributed by atoms with E-state index in [0.29, 0.717) is 5.69 Å². The van der Waals surface area contributed by atoms with Crippen molar-refractivity contribution in [2.24, 2.45) is 0 Å². The van der Waals surface area contributed by atoms with Crippen molar-refractivity contribution in [3.63, 3.8) is 0 Å². The average molecular weight is 219 g/mol. The largest absolute Gasteiger partial charge is 0.331 e.